The van der Waals surface area contributed by atoms with Gasteiger partial charge in [0.2, 0.25) is 0 Å². The number of nitro groups is 1. The van der Waals surface area contributed by atoms with Crippen molar-refractivity contribution in [2.45, 2.75) is 38.0 Å². The highest BCUT2D eigenvalue weighted by atomic mass is 16.6. The normalized spacial score (nSPS) is 25.7. The molecule has 1 aliphatic carbocycles. The van der Waals surface area contributed by atoms with Gasteiger partial charge < -0.3 is 4.74 Å². The molecule has 5 nitrogen and oxygen atoms in total. The summed E-state index contributed by atoms with van der Waals surface area (Å²) in [5.41, 5.74) is 1.36. The molecule has 0 N–H and O–H groups in total. The minimum atomic E-state index is -0.364. The van der Waals surface area contributed by atoms with Crippen molar-refractivity contribution in [3.8, 4) is 5.75 Å². The molecule has 2 aliphatic rings. The van der Waals surface area contributed by atoms with Gasteiger partial charge in [-0.15, -0.1) is 0 Å². The average molecular weight is 338 g/mol. The zero-order valence-electron chi connectivity index (χ0n) is 14.1. The molecule has 5 heteroatoms. The Morgan fingerprint density at radius 1 is 1.08 bits per heavy atom. The average Bonchev–Trinajstić information content (AvgIpc) is 3.06. The summed E-state index contributed by atoms with van der Waals surface area (Å²) in [5, 5.41) is 11.2. The monoisotopic (exact) mass is 338 g/mol. The van der Waals surface area contributed by atoms with E-state index in [9.17, 15) is 10.1 Å². The fourth-order valence-electron chi connectivity index (χ4n) is 4.21. The Kier molecular flexibility index (Phi) is 4.40. The minimum absolute atomic E-state index is 0.0172. The number of piperidine rings is 1. The van der Waals surface area contributed by atoms with Crippen molar-refractivity contribution in [3.05, 3.63) is 70.3 Å². The van der Waals surface area contributed by atoms with Crippen LogP contribution in [-0.4, -0.2) is 28.5 Å². The first-order chi connectivity index (χ1) is 12.2. The molecular weight excluding hydrogens is 316 g/mol. The second kappa shape index (κ2) is 6.84. The number of rotatable bonds is 5. The Hall–Kier alpha value is -2.40. The van der Waals surface area contributed by atoms with Gasteiger partial charge in [-0.1, -0.05) is 42.5 Å². The van der Waals surface area contributed by atoms with Gasteiger partial charge >= 0.3 is 5.69 Å². The van der Waals surface area contributed by atoms with E-state index in [1.54, 1.807) is 18.2 Å². The molecular formula is C20H22N2O3. The Morgan fingerprint density at radius 3 is 2.64 bits per heavy atom. The van der Waals surface area contributed by atoms with Crippen molar-refractivity contribution in [3.63, 3.8) is 0 Å². The fraction of sp³-hybridized carbons (Fsp3) is 0.400. The molecule has 0 radical (unpaired) electrons. The standard InChI is InChI=1S/C20H22N2O3/c23-22(24)18-8-4-5-9-19(18)25-20-14-21(17-11-10-16(20)12-17)13-15-6-2-1-3-7-15/h1-9,16-17,20H,10-14H2/t16-,17+,20-/m0/s1. The molecule has 2 fully saturated rings. The summed E-state index contributed by atoms with van der Waals surface area (Å²) >= 11 is 0. The highest BCUT2D eigenvalue weighted by molar-refractivity contribution is 5.45. The van der Waals surface area contributed by atoms with E-state index in [0.29, 0.717) is 17.7 Å². The third kappa shape index (κ3) is 3.37. The molecule has 130 valence electrons. The number of likely N-dealkylation sites (tertiary alicyclic amines) is 1. The number of nitrogens with zero attached hydrogens (tertiary/aromatic N) is 2. The van der Waals surface area contributed by atoms with Crippen LogP contribution in [0, 0.1) is 16.0 Å². The molecule has 0 amide bonds. The Balaban J connectivity index is 1.51. The van der Waals surface area contributed by atoms with Crippen LogP contribution in [0.15, 0.2) is 54.6 Å². The lowest BCUT2D eigenvalue weighted by Gasteiger charge is -2.38. The van der Waals surface area contributed by atoms with E-state index in [-0.39, 0.29) is 16.7 Å². The summed E-state index contributed by atoms with van der Waals surface area (Å²) in [4.78, 5) is 13.4. The molecule has 0 aromatic heterocycles. The molecule has 0 unspecified atom stereocenters. The van der Waals surface area contributed by atoms with Crippen LogP contribution in [0.3, 0.4) is 0 Å². The van der Waals surface area contributed by atoms with Crippen LogP contribution in [0.25, 0.3) is 0 Å². The van der Waals surface area contributed by atoms with Gasteiger partial charge in [0.1, 0.15) is 6.10 Å². The lowest BCUT2D eigenvalue weighted by atomic mass is 9.95. The number of benzene rings is 2. The fourth-order valence-corrected chi connectivity index (χ4v) is 4.21. The smallest absolute Gasteiger partial charge is 0.310 e. The first kappa shape index (κ1) is 16.1. The van der Waals surface area contributed by atoms with Crippen molar-refractivity contribution in [1.29, 1.82) is 0 Å². The number of fused-ring (bicyclic) bond motifs is 2. The van der Waals surface area contributed by atoms with E-state index >= 15 is 0 Å². The SMILES string of the molecule is O=[N+]([O-])c1ccccc1O[C@H]1CN(Cc2ccccc2)[C@@H]2CC[C@H]1C2. The van der Waals surface area contributed by atoms with Crippen molar-refractivity contribution in [2.24, 2.45) is 5.92 Å². The largest absolute Gasteiger partial charge is 0.482 e. The molecule has 1 heterocycles. The van der Waals surface area contributed by atoms with E-state index in [1.807, 2.05) is 6.07 Å². The molecule has 1 saturated heterocycles. The number of nitro benzene ring substituents is 1. The van der Waals surface area contributed by atoms with Crippen molar-refractivity contribution in [1.82, 2.24) is 4.90 Å². The highest BCUT2D eigenvalue weighted by Gasteiger charge is 2.42. The number of para-hydroxylation sites is 2. The van der Waals surface area contributed by atoms with Crippen molar-refractivity contribution in [2.75, 3.05) is 6.54 Å². The first-order valence-electron chi connectivity index (χ1n) is 8.89. The van der Waals surface area contributed by atoms with E-state index in [4.69, 9.17) is 4.74 Å². The number of hydrogen-bond donors (Lipinski definition) is 0. The zero-order valence-corrected chi connectivity index (χ0v) is 14.1. The van der Waals surface area contributed by atoms with E-state index in [0.717, 1.165) is 25.9 Å². The van der Waals surface area contributed by atoms with Gasteiger partial charge in [-0.25, -0.2) is 0 Å². The van der Waals surface area contributed by atoms with Crippen LogP contribution in [0.2, 0.25) is 0 Å². The van der Waals surface area contributed by atoms with Crippen LogP contribution in [0.4, 0.5) is 5.69 Å². The maximum absolute atomic E-state index is 11.2. The predicted molar refractivity (Wildman–Crippen MR) is 95.5 cm³/mol. The van der Waals surface area contributed by atoms with Gasteiger partial charge in [0.05, 0.1) is 4.92 Å². The Morgan fingerprint density at radius 2 is 1.84 bits per heavy atom. The van der Waals surface area contributed by atoms with Crippen molar-refractivity contribution >= 4 is 5.69 Å². The maximum Gasteiger partial charge on any atom is 0.310 e. The first-order valence-corrected chi connectivity index (χ1v) is 8.89. The van der Waals surface area contributed by atoms with Crippen molar-refractivity contribution < 1.29 is 9.66 Å². The lowest BCUT2D eigenvalue weighted by molar-refractivity contribution is -0.386. The molecule has 4 rings (SSSR count). The van der Waals surface area contributed by atoms with E-state index < -0.39 is 0 Å². The van der Waals surface area contributed by atoms with Crippen LogP contribution < -0.4 is 4.74 Å². The summed E-state index contributed by atoms with van der Waals surface area (Å²) in [6.45, 7) is 1.74. The number of ether oxygens (including phenoxy) is 1. The minimum Gasteiger partial charge on any atom is -0.482 e. The second-order valence-electron chi connectivity index (χ2n) is 7.02. The molecule has 25 heavy (non-hydrogen) atoms. The van der Waals surface area contributed by atoms with Crippen LogP contribution >= 0.6 is 0 Å². The lowest BCUT2D eigenvalue weighted by Crippen LogP contribution is -2.47. The molecule has 2 aromatic carbocycles. The third-order valence-corrected chi connectivity index (χ3v) is 5.47. The molecule has 0 spiro atoms. The Bertz CT molecular complexity index is 750. The van der Waals surface area contributed by atoms with Gasteiger partial charge in [-0.3, -0.25) is 15.0 Å². The number of hydrogen-bond acceptors (Lipinski definition) is 4. The maximum atomic E-state index is 11.2. The van der Waals surface area contributed by atoms with Crippen LogP contribution in [0.1, 0.15) is 24.8 Å². The molecule has 3 atom stereocenters. The van der Waals surface area contributed by atoms with Gasteiger partial charge in [0.25, 0.3) is 0 Å². The molecule has 2 bridgehead atoms. The molecule has 1 aliphatic heterocycles. The van der Waals surface area contributed by atoms with Gasteiger partial charge in [0, 0.05) is 25.2 Å². The summed E-state index contributed by atoms with van der Waals surface area (Å²) in [5.74, 6) is 0.888. The van der Waals surface area contributed by atoms with E-state index in [1.165, 1.54) is 18.1 Å². The van der Waals surface area contributed by atoms with Gasteiger partial charge in [-0.2, -0.15) is 0 Å². The molecule has 2 aromatic rings. The summed E-state index contributed by atoms with van der Waals surface area (Å²) < 4.78 is 6.16. The summed E-state index contributed by atoms with van der Waals surface area (Å²) in [6.07, 6.45) is 3.47. The summed E-state index contributed by atoms with van der Waals surface area (Å²) in [7, 11) is 0. The highest BCUT2D eigenvalue weighted by Crippen LogP contribution is 2.40. The van der Waals surface area contributed by atoms with Gasteiger partial charge in [0.15, 0.2) is 5.75 Å². The van der Waals surface area contributed by atoms with Crippen LogP contribution in [-0.2, 0) is 6.54 Å². The topological polar surface area (TPSA) is 55.6 Å². The van der Waals surface area contributed by atoms with E-state index in [2.05, 4.69) is 29.2 Å². The third-order valence-electron chi connectivity index (χ3n) is 5.47. The van der Waals surface area contributed by atoms with Crippen LogP contribution in [0.5, 0.6) is 5.75 Å². The quantitative estimate of drug-likeness (QED) is 0.610. The predicted octanol–water partition coefficient (Wildman–Crippen LogP) is 4.03. The van der Waals surface area contributed by atoms with Gasteiger partial charge in [-0.05, 0) is 36.8 Å². The zero-order chi connectivity index (χ0) is 17.2. The second-order valence-corrected chi connectivity index (χ2v) is 7.02. The Labute approximate surface area is 147 Å². The molecule has 1 saturated carbocycles. The summed E-state index contributed by atoms with van der Waals surface area (Å²) in [6, 6.07) is 17.8.